The summed E-state index contributed by atoms with van der Waals surface area (Å²) in [6, 6.07) is 4.81. The van der Waals surface area contributed by atoms with Crippen LogP contribution in [-0.4, -0.2) is 36.7 Å². The van der Waals surface area contributed by atoms with Crippen molar-refractivity contribution in [2.45, 2.75) is 19.8 Å². The predicted octanol–water partition coefficient (Wildman–Crippen LogP) is 2.07. The SMILES string of the molecule is CCOC(=O)c1ccc(CCC(=O)OC)c(/C=C/C(=O)O)c1. The molecule has 0 heterocycles. The predicted molar refractivity (Wildman–Crippen MR) is 79.4 cm³/mol. The molecule has 0 radical (unpaired) electrons. The zero-order valence-corrected chi connectivity index (χ0v) is 12.5. The maximum Gasteiger partial charge on any atom is 0.338 e. The number of carboxylic acids is 1. The second-order valence-electron chi connectivity index (χ2n) is 4.38. The molecule has 0 aliphatic carbocycles. The van der Waals surface area contributed by atoms with Crippen LogP contribution in [0, 0.1) is 0 Å². The number of esters is 2. The molecule has 1 rings (SSSR count). The summed E-state index contributed by atoms with van der Waals surface area (Å²) in [5.41, 5.74) is 1.63. The van der Waals surface area contributed by atoms with Crippen molar-refractivity contribution < 1.29 is 29.0 Å². The molecule has 0 fully saturated rings. The highest BCUT2D eigenvalue weighted by atomic mass is 16.5. The van der Waals surface area contributed by atoms with E-state index in [1.807, 2.05) is 0 Å². The lowest BCUT2D eigenvalue weighted by Gasteiger charge is -2.08. The van der Waals surface area contributed by atoms with Crippen molar-refractivity contribution in [3.05, 3.63) is 41.0 Å². The fourth-order valence-corrected chi connectivity index (χ4v) is 1.82. The number of aliphatic carboxylic acids is 1. The van der Waals surface area contributed by atoms with Gasteiger partial charge in [0, 0.05) is 12.5 Å². The molecule has 0 saturated carbocycles. The molecule has 0 bridgehead atoms. The molecule has 1 aromatic carbocycles. The number of benzene rings is 1. The summed E-state index contributed by atoms with van der Waals surface area (Å²) in [7, 11) is 1.30. The number of aryl methyl sites for hydroxylation is 1. The number of hydrogen-bond donors (Lipinski definition) is 1. The Hall–Kier alpha value is -2.63. The van der Waals surface area contributed by atoms with Crippen LogP contribution >= 0.6 is 0 Å². The molecule has 1 N–H and O–H groups in total. The Bertz CT molecular complexity index is 588. The molecule has 6 heteroatoms. The van der Waals surface area contributed by atoms with Gasteiger partial charge < -0.3 is 14.6 Å². The maximum atomic E-state index is 11.7. The van der Waals surface area contributed by atoms with Crippen molar-refractivity contribution in [2.75, 3.05) is 13.7 Å². The second kappa shape index (κ2) is 8.61. The van der Waals surface area contributed by atoms with E-state index in [2.05, 4.69) is 4.74 Å². The minimum atomic E-state index is -1.10. The third-order valence-electron chi connectivity index (χ3n) is 2.89. The van der Waals surface area contributed by atoms with Gasteiger partial charge in [-0.1, -0.05) is 6.07 Å². The van der Waals surface area contributed by atoms with Gasteiger partial charge in [-0.15, -0.1) is 0 Å². The number of hydrogen-bond acceptors (Lipinski definition) is 5. The number of carbonyl (C=O) groups excluding carboxylic acids is 2. The first-order valence-corrected chi connectivity index (χ1v) is 6.75. The molecule has 6 nitrogen and oxygen atoms in total. The fourth-order valence-electron chi connectivity index (χ4n) is 1.82. The lowest BCUT2D eigenvalue weighted by molar-refractivity contribution is -0.140. The molecule has 0 atom stereocenters. The number of ether oxygens (including phenoxy) is 2. The standard InChI is InChI=1S/C16H18O6/c1-3-22-16(20)13-5-4-11(7-9-15(19)21-2)12(10-13)6-8-14(17)18/h4-6,8,10H,3,7,9H2,1-2H3,(H,17,18)/b8-6+. The van der Waals surface area contributed by atoms with E-state index in [0.717, 1.165) is 11.6 Å². The quantitative estimate of drug-likeness (QED) is 0.612. The van der Waals surface area contributed by atoms with Crippen molar-refractivity contribution in [2.24, 2.45) is 0 Å². The van der Waals surface area contributed by atoms with E-state index >= 15 is 0 Å². The third-order valence-corrected chi connectivity index (χ3v) is 2.89. The molecular formula is C16H18O6. The van der Waals surface area contributed by atoms with Gasteiger partial charge in [0.15, 0.2) is 0 Å². The highest BCUT2D eigenvalue weighted by Crippen LogP contribution is 2.17. The summed E-state index contributed by atoms with van der Waals surface area (Å²) in [5, 5.41) is 8.73. The van der Waals surface area contributed by atoms with Gasteiger partial charge in [-0.2, -0.15) is 0 Å². The van der Waals surface area contributed by atoms with Crippen molar-refractivity contribution in [3.8, 4) is 0 Å². The Balaban J connectivity index is 3.06. The van der Waals surface area contributed by atoms with Gasteiger partial charge in [-0.05, 0) is 42.7 Å². The monoisotopic (exact) mass is 306 g/mol. The summed E-state index contributed by atoms with van der Waals surface area (Å²) in [6.45, 7) is 1.96. The molecule has 0 aliphatic heterocycles. The number of carboxylic acid groups (broad SMARTS) is 1. The number of methoxy groups -OCH3 is 1. The number of rotatable bonds is 7. The van der Waals surface area contributed by atoms with Crippen LogP contribution in [0.4, 0.5) is 0 Å². The Morgan fingerprint density at radius 1 is 1.27 bits per heavy atom. The van der Waals surface area contributed by atoms with Crippen LogP contribution in [0.15, 0.2) is 24.3 Å². The summed E-state index contributed by atoms with van der Waals surface area (Å²) in [4.78, 5) is 33.6. The molecule has 0 unspecified atom stereocenters. The fraction of sp³-hybridized carbons (Fsp3) is 0.312. The lowest BCUT2D eigenvalue weighted by Crippen LogP contribution is -2.07. The lowest BCUT2D eigenvalue weighted by atomic mass is 9.99. The molecule has 22 heavy (non-hydrogen) atoms. The average Bonchev–Trinajstić information content (AvgIpc) is 2.50. The minimum Gasteiger partial charge on any atom is -0.478 e. The first kappa shape index (κ1) is 17.4. The first-order valence-electron chi connectivity index (χ1n) is 6.75. The molecular weight excluding hydrogens is 288 g/mol. The summed E-state index contributed by atoms with van der Waals surface area (Å²) in [5.74, 6) is -1.94. The largest absolute Gasteiger partial charge is 0.478 e. The van der Waals surface area contributed by atoms with E-state index in [4.69, 9.17) is 9.84 Å². The van der Waals surface area contributed by atoms with Crippen LogP contribution in [0.1, 0.15) is 34.8 Å². The molecule has 0 spiro atoms. The van der Waals surface area contributed by atoms with E-state index in [-0.39, 0.29) is 19.0 Å². The summed E-state index contributed by atoms with van der Waals surface area (Å²) < 4.78 is 9.49. The van der Waals surface area contributed by atoms with Crippen LogP contribution < -0.4 is 0 Å². The zero-order valence-electron chi connectivity index (χ0n) is 12.5. The van der Waals surface area contributed by atoms with Gasteiger partial charge in [-0.25, -0.2) is 9.59 Å². The van der Waals surface area contributed by atoms with Crippen LogP contribution in [0.2, 0.25) is 0 Å². The van der Waals surface area contributed by atoms with Crippen molar-refractivity contribution in [1.29, 1.82) is 0 Å². The van der Waals surface area contributed by atoms with Crippen molar-refractivity contribution >= 4 is 24.0 Å². The molecule has 0 aliphatic rings. The van der Waals surface area contributed by atoms with Crippen LogP contribution in [0.5, 0.6) is 0 Å². The van der Waals surface area contributed by atoms with Crippen molar-refractivity contribution in [3.63, 3.8) is 0 Å². The molecule has 0 aromatic heterocycles. The van der Waals surface area contributed by atoms with Gasteiger partial charge in [-0.3, -0.25) is 4.79 Å². The highest BCUT2D eigenvalue weighted by molar-refractivity contribution is 5.91. The highest BCUT2D eigenvalue weighted by Gasteiger charge is 2.11. The first-order chi connectivity index (χ1) is 10.5. The smallest absolute Gasteiger partial charge is 0.338 e. The summed E-state index contributed by atoms with van der Waals surface area (Å²) in [6.07, 6.45) is 2.92. The van der Waals surface area contributed by atoms with E-state index in [1.54, 1.807) is 25.1 Å². The second-order valence-corrected chi connectivity index (χ2v) is 4.38. The van der Waals surface area contributed by atoms with Crippen LogP contribution in [0.3, 0.4) is 0 Å². The van der Waals surface area contributed by atoms with E-state index in [9.17, 15) is 14.4 Å². The normalized spacial score (nSPS) is 10.5. The molecule has 118 valence electrons. The van der Waals surface area contributed by atoms with Crippen molar-refractivity contribution in [1.82, 2.24) is 0 Å². The average molecular weight is 306 g/mol. The van der Waals surface area contributed by atoms with E-state index in [1.165, 1.54) is 13.2 Å². The maximum absolute atomic E-state index is 11.7. The minimum absolute atomic E-state index is 0.170. The van der Waals surface area contributed by atoms with Gasteiger partial charge in [0.05, 0.1) is 19.3 Å². The van der Waals surface area contributed by atoms with E-state index < -0.39 is 11.9 Å². The Kier molecular flexibility index (Phi) is 6.82. The Morgan fingerprint density at radius 3 is 2.59 bits per heavy atom. The Labute approximate surface area is 128 Å². The molecule has 0 saturated heterocycles. The Morgan fingerprint density at radius 2 is 2.00 bits per heavy atom. The topological polar surface area (TPSA) is 89.9 Å². The van der Waals surface area contributed by atoms with Gasteiger partial charge in [0.25, 0.3) is 0 Å². The molecule has 1 aromatic rings. The van der Waals surface area contributed by atoms with Gasteiger partial charge in [0.1, 0.15) is 0 Å². The van der Waals surface area contributed by atoms with Crippen LogP contribution in [-0.2, 0) is 25.5 Å². The number of carbonyl (C=O) groups is 3. The van der Waals surface area contributed by atoms with Crippen LogP contribution in [0.25, 0.3) is 6.08 Å². The zero-order chi connectivity index (χ0) is 16.5. The summed E-state index contributed by atoms with van der Waals surface area (Å²) >= 11 is 0. The van der Waals surface area contributed by atoms with Gasteiger partial charge >= 0.3 is 17.9 Å². The molecule has 0 amide bonds. The third kappa shape index (κ3) is 5.40. The van der Waals surface area contributed by atoms with Gasteiger partial charge in [0.2, 0.25) is 0 Å². The van der Waals surface area contributed by atoms with E-state index in [0.29, 0.717) is 17.5 Å².